The van der Waals surface area contributed by atoms with Gasteiger partial charge in [-0.2, -0.15) is 0 Å². The Kier molecular flexibility index (Phi) is 2.55. The molecule has 1 aromatic heterocycles. The summed E-state index contributed by atoms with van der Waals surface area (Å²) in [5, 5.41) is 9.41. The Labute approximate surface area is 104 Å². The van der Waals surface area contributed by atoms with Gasteiger partial charge in [0.05, 0.1) is 0 Å². The van der Waals surface area contributed by atoms with Gasteiger partial charge in [-0.3, -0.25) is 0 Å². The van der Waals surface area contributed by atoms with Gasteiger partial charge in [-0.15, -0.1) is 10.2 Å². The van der Waals surface area contributed by atoms with Gasteiger partial charge in [0.15, 0.2) is 5.82 Å². The van der Waals surface area contributed by atoms with Gasteiger partial charge in [-0.05, 0) is 13.8 Å². The minimum absolute atomic E-state index is 0.438. The first kappa shape index (κ1) is 10.7. The van der Waals surface area contributed by atoms with E-state index in [1.807, 2.05) is 4.68 Å². The summed E-state index contributed by atoms with van der Waals surface area (Å²) in [4.78, 5) is 0. The van der Waals surface area contributed by atoms with E-state index in [0.29, 0.717) is 6.04 Å². The molecular formula is C12H14N4S. The molecule has 2 heterocycles. The predicted molar refractivity (Wildman–Crippen MR) is 69.7 cm³/mol. The highest BCUT2D eigenvalue weighted by Gasteiger charge is 2.20. The summed E-state index contributed by atoms with van der Waals surface area (Å²) < 4.78 is 1.99. The lowest BCUT2D eigenvalue weighted by molar-refractivity contribution is 0.672. The monoisotopic (exact) mass is 246 g/mol. The molecule has 0 saturated carbocycles. The predicted octanol–water partition coefficient (Wildman–Crippen LogP) is 2.29. The molecule has 0 saturated heterocycles. The molecule has 4 nitrogen and oxygen atoms in total. The maximum absolute atomic E-state index is 4.26. The van der Waals surface area contributed by atoms with E-state index in [4.69, 9.17) is 0 Å². The van der Waals surface area contributed by atoms with Gasteiger partial charge in [0, 0.05) is 17.4 Å². The number of nitrogens with one attached hydrogen (secondary N) is 1. The van der Waals surface area contributed by atoms with E-state index in [9.17, 15) is 0 Å². The van der Waals surface area contributed by atoms with Crippen LogP contribution in [0.3, 0.4) is 0 Å². The number of benzene rings is 1. The average Bonchev–Trinajstić information content (AvgIpc) is 2.73. The fourth-order valence-electron chi connectivity index (χ4n) is 1.83. The third-order valence-corrected chi connectivity index (χ3v) is 3.94. The fraction of sp³-hybridized carbons (Fsp3) is 0.333. The minimum atomic E-state index is 0.438. The van der Waals surface area contributed by atoms with Crippen molar-refractivity contribution in [2.24, 2.45) is 0 Å². The molecule has 1 N–H and O–H groups in total. The molecule has 88 valence electrons. The van der Waals surface area contributed by atoms with Crippen LogP contribution in [0.2, 0.25) is 0 Å². The number of nitrogens with zero attached hydrogens (tertiary/aromatic N) is 3. The van der Waals surface area contributed by atoms with Crippen LogP contribution in [0, 0.1) is 6.92 Å². The smallest absolute Gasteiger partial charge is 0.210 e. The van der Waals surface area contributed by atoms with Crippen molar-refractivity contribution in [1.29, 1.82) is 0 Å². The van der Waals surface area contributed by atoms with Crippen LogP contribution in [0.15, 0.2) is 29.4 Å². The first-order valence-corrected chi connectivity index (χ1v) is 6.64. The normalized spacial score (nSPS) is 18.6. The van der Waals surface area contributed by atoms with Gasteiger partial charge < -0.3 is 5.43 Å². The van der Waals surface area contributed by atoms with Crippen molar-refractivity contribution in [2.45, 2.75) is 25.0 Å². The van der Waals surface area contributed by atoms with Crippen LogP contribution in [0.4, 0.5) is 0 Å². The molecule has 0 aliphatic carbocycles. The molecule has 1 aliphatic rings. The lowest BCUT2D eigenvalue weighted by atomic mass is 10.1. The molecule has 0 spiro atoms. The summed E-state index contributed by atoms with van der Waals surface area (Å²) in [5.74, 6) is 1.92. The number of hydrogen-bond donors (Lipinski definition) is 1. The topological polar surface area (TPSA) is 42.7 Å². The molecule has 1 aromatic carbocycles. The highest BCUT2D eigenvalue weighted by atomic mass is 32.2. The molecule has 0 bridgehead atoms. The van der Waals surface area contributed by atoms with Crippen molar-refractivity contribution in [1.82, 2.24) is 14.9 Å². The second-order valence-electron chi connectivity index (χ2n) is 4.35. The molecular weight excluding hydrogens is 232 g/mol. The molecule has 5 heteroatoms. The minimum Gasteiger partial charge on any atom is -0.318 e. The van der Waals surface area contributed by atoms with E-state index < -0.39 is 0 Å². The zero-order valence-electron chi connectivity index (χ0n) is 9.84. The molecule has 3 rings (SSSR count). The molecule has 1 aliphatic heterocycles. The summed E-state index contributed by atoms with van der Waals surface area (Å²) in [6.45, 7) is 4.24. The summed E-state index contributed by atoms with van der Waals surface area (Å²) >= 11 is 1.74. The van der Waals surface area contributed by atoms with Crippen LogP contribution < -0.4 is 5.43 Å². The largest absolute Gasteiger partial charge is 0.318 e. The van der Waals surface area contributed by atoms with E-state index >= 15 is 0 Å². The first-order valence-electron chi connectivity index (χ1n) is 5.66. The number of aromatic nitrogens is 3. The Morgan fingerprint density at radius 3 is 2.82 bits per heavy atom. The Bertz CT molecular complexity index is 532. The molecule has 0 radical (unpaired) electrons. The van der Waals surface area contributed by atoms with Gasteiger partial charge in [0.2, 0.25) is 5.16 Å². The molecule has 0 amide bonds. The second-order valence-corrected chi connectivity index (χ2v) is 5.34. The Hall–Kier alpha value is -1.49. The summed E-state index contributed by atoms with van der Waals surface area (Å²) in [5.41, 5.74) is 5.74. The van der Waals surface area contributed by atoms with E-state index in [1.54, 1.807) is 11.8 Å². The highest BCUT2D eigenvalue weighted by Crippen LogP contribution is 2.26. The maximum Gasteiger partial charge on any atom is 0.210 e. The first-order chi connectivity index (χ1) is 8.24. The van der Waals surface area contributed by atoms with E-state index in [2.05, 4.69) is 53.7 Å². The molecule has 0 fully saturated rings. The average molecular weight is 246 g/mol. The maximum atomic E-state index is 4.26. The fourth-order valence-corrected chi connectivity index (χ4v) is 2.67. The van der Waals surface area contributed by atoms with Gasteiger partial charge in [-0.1, -0.05) is 41.6 Å². The molecule has 1 atom stereocenters. The number of thioether (sulfide) groups is 1. The van der Waals surface area contributed by atoms with Crippen LogP contribution in [-0.4, -0.2) is 26.7 Å². The SMILES string of the molecule is Cc1ccc(-c2nnc3n2NC(C)CS3)cc1. The highest BCUT2D eigenvalue weighted by molar-refractivity contribution is 7.99. The van der Waals surface area contributed by atoms with Crippen molar-refractivity contribution in [3.8, 4) is 11.4 Å². The zero-order chi connectivity index (χ0) is 11.8. The Morgan fingerprint density at radius 1 is 1.29 bits per heavy atom. The van der Waals surface area contributed by atoms with Crippen molar-refractivity contribution >= 4 is 11.8 Å². The lowest BCUT2D eigenvalue weighted by Crippen LogP contribution is -2.32. The summed E-state index contributed by atoms with van der Waals surface area (Å²) in [6, 6.07) is 8.79. The van der Waals surface area contributed by atoms with Crippen LogP contribution in [0.1, 0.15) is 12.5 Å². The van der Waals surface area contributed by atoms with Crippen LogP contribution in [0.25, 0.3) is 11.4 Å². The number of rotatable bonds is 1. The summed E-state index contributed by atoms with van der Waals surface area (Å²) in [7, 11) is 0. The quantitative estimate of drug-likeness (QED) is 0.838. The van der Waals surface area contributed by atoms with E-state index in [-0.39, 0.29) is 0 Å². The lowest BCUT2D eigenvalue weighted by Gasteiger charge is -2.22. The summed E-state index contributed by atoms with van der Waals surface area (Å²) in [6.07, 6.45) is 0. The van der Waals surface area contributed by atoms with E-state index in [0.717, 1.165) is 22.3 Å². The second kappa shape index (κ2) is 4.07. The van der Waals surface area contributed by atoms with Crippen molar-refractivity contribution < 1.29 is 0 Å². The third kappa shape index (κ3) is 1.91. The molecule has 1 unspecified atom stereocenters. The van der Waals surface area contributed by atoms with Crippen LogP contribution in [0.5, 0.6) is 0 Å². The Balaban J connectivity index is 2.04. The van der Waals surface area contributed by atoms with Crippen LogP contribution >= 0.6 is 11.8 Å². The van der Waals surface area contributed by atoms with E-state index in [1.165, 1.54) is 5.56 Å². The molecule has 2 aromatic rings. The van der Waals surface area contributed by atoms with Gasteiger partial charge in [0.1, 0.15) is 0 Å². The van der Waals surface area contributed by atoms with Crippen molar-refractivity contribution in [3.05, 3.63) is 29.8 Å². The standard InChI is InChI=1S/C12H14N4S/c1-8-3-5-10(6-4-8)11-13-14-12-16(11)15-9(2)7-17-12/h3-6,9,15H,7H2,1-2H3. The van der Waals surface area contributed by atoms with Crippen molar-refractivity contribution in [2.75, 3.05) is 11.2 Å². The van der Waals surface area contributed by atoms with Crippen LogP contribution in [-0.2, 0) is 0 Å². The zero-order valence-corrected chi connectivity index (χ0v) is 10.7. The van der Waals surface area contributed by atoms with Gasteiger partial charge in [-0.25, -0.2) is 4.68 Å². The molecule has 17 heavy (non-hydrogen) atoms. The Morgan fingerprint density at radius 2 is 2.06 bits per heavy atom. The van der Waals surface area contributed by atoms with Gasteiger partial charge in [0.25, 0.3) is 0 Å². The van der Waals surface area contributed by atoms with Gasteiger partial charge >= 0.3 is 0 Å². The number of aryl methyl sites for hydroxylation is 1. The number of hydrogen-bond acceptors (Lipinski definition) is 4. The third-order valence-electron chi connectivity index (χ3n) is 2.76. The number of fused-ring (bicyclic) bond motifs is 1. The van der Waals surface area contributed by atoms with Crippen molar-refractivity contribution in [3.63, 3.8) is 0 Å².